The van der Waals surface area contributed by atoms with Crippen molar-refractivity contribution in [1.82, 2.24) is 0 Å². The van der Waals surface area contributed by atoms with Gasteiger partial charge in [-0.3, -0.25) is 4.79 Å². The summed E-state index contributed by atoms with van der Waals surface area (Å²) in [7, 11) is 1.47. The third kappa shape index (κ3) is 14.4. The van der Waals surface area contributed by atoms with Crippen LogP contribution in [0.4, 0.5) is 0 Å². The summed E-state index contributed by atoms with van der Waals surface area (Å²) in [5.41, 5.74) is 0. The van der Waals surface area contributed by atoms with Crippen LogP contribution in [-0.2, 0) is 9.53 Å². The Balaban J connectivity index is 3.24. The lowest BCUT2D eigenvalue weighted by molar-refractivity contribution is -0.140. The molecule has 0 spiro atoms. The first-order chi connectivity index (χ1) is 10.6. The van der Waals surface area contributed by atoms with Crippen LogP contribution in [0.15, 0.2) is 0 Å². The van der Waals surface area contributed by atoms with Crippen LogP contribution in [0.1, 0.15) is 104 Å². The predicted octanol–water partition coefficient (Wildman–Crippen LogP) is 6.52. The van der Waals surface area contributed by atoms with Gasteiger partial charge in [0.15, 0.2) is 0 Å². The Morgan fingerprint density at radius 3 is 1.77 bits per heavy atom. The van der Waals surface area contributed by atoms with E-state index in [9.17, 15) is 4.79 Å². The Kier molecular flexibility index (Phi) is 15.0. The van der Waals surface area contributed by atoms with Crippen LogP contribution in [0.2, 0.25) is 0 Å². The molecule has 0 aliphatic heterocycles. The minimum absolute atomic E-state index is 0.0674. The second-order valence-electron chi connectivity index (χ2n) is 7.14. The molecule has 2 atom stereocenters. The molecule has 0 saturated heterocycles. The summed E-state index contributed by atoms with van der Waals surface area (Å²) in [4.78, 5) is 11.0. The average Bonchev–Trinajstić information content (AvgIpc) is 2.53. The monoisotopic (exact) mass is 312 g/mol. The molecule has 0 amide bonds. The molecule has 0 aliphatic carbocycles. The second kappa shape index (κ2) is 15.4. The van der Waals surface area contributed by atoms with Crippen molar-refractivity contribution in [2.75, 3.05) is 7.11 Å². The zero-order valence-corrected chi connectivity index (χ0v) is 15.7. The Morgan fingerprint density at radius 2 is 1.23 bits per heavy atom. The zero-order chi connectivity index (χ0) is 16.6. The second-order valence-corrected chi connectivity index (χ2v) is 7.14. The lowest BCUT2D eigenvalue weighted by atomic mass is 9.94. The molecule has 0 aromatic heterocycles. The highest BCUT2D eigenvalue weighted by Gasteiger charge is 2.04. The Labute approximate surface area is 139 Å². The number of rotatable bonds is 15. The van der Waals surface area contributed by atoms with Gasteiger partial charge in [-0.2, -0.15) is 0 Å². The molecule has 2 unspecified atom stereocenters. The molecule has 0 radical (unpaired) electrons. The number of hydrogen-bond acceptors (Lipinski definition) is 2. The molecule has 2 nitrogen and oxygen atoms in total. The van der Waals surface area contributed by atoms with Gasteiger partial charge in [-0.05, 0) is 18.3 Å². The standard InChI is InChI=1S/C20H40O2/c1-5-18(2)14-12-13-16-19(3)15-10-8-6-7-9-11-17-20(21)22-4/h18-19H,5-17H2,1-4H3. The molecule has 0 bridgehead atoms. The van der Waals surface area contributed by atoms with Crippen LogP contribution in [-0.4, -0.2) is 13.1 Å². The maximum absolute atomic E-state index is 11.0. The summed E-state index contributed by atoms with van der Waals surface area (Å²) in [6, 6.07) is 0. The SMILES string of the molecule is CCC(C)CCCCC(C)CCCCCCCCC(=O)OC. The van der Waals surface area contributed by atoms with Crippen LogP contribution in [0.5, 0.6) is 0 Å². The van der Waals surface area contributed by atoms with Crippen molar-refractivity contribution in [3.63, 3.8) is 0 Å². The average molecular weight is 313 g/mol. The largest absolute Gasteiger partial charge is 0.469 e. The number of carbonyl (C=O) groups excluding carboxylic acids is 1. The maximum atomic E-state index is 11.0. The number of unbranched alkanes of at least 4 members (excludes halogenated alkanes) is 6. The van der Waals surface area contributed by atoms with Crippen molar-refractivity contribution in [2.24, 2.45) is 11.8 Å². The molecule has 2 heteroatoms. The van der Waals surface area contributed by atoms with Crippen molar-refractivity contribution >= 4 is 5.97 Å². The Hall–Kier alpha value is -0.530. The molecular formula is C20H40O2. The van der Waals surface area contributed by atoms with Gasteiger partial charge < -0.3 is 4.74 Å². The van der Waals surface area contributed by atoms with Crippen molar-refractivity contribution in [1.29, 1.82) is 0 Å². The van der Waals surface area contributed by atoms with Crippen molar-refractivity contribution < 1.29 is 9.53 Å². The minimum atomic E-state index is -0.0674. The van der Waals surface area contributed by atoms with Gasteiger partial charge >= 0.3 is 5.97 Å². The van der Waals surface area contributed by atoms with Gasteiger partial charge in [0.2, 0.25) is 0 Å². The molecule has 0 heterocycles. The van der Waals surface area contributed by atoms with E-state index in [1.807, 2.05) is 0 Å². The third-order valence-electron chi connectivity index (χ3n) is 4.90. The molecule has 0 N–H and O–H groups in total. The van der Waals surface area contributed by atoms with Gasteiger partial charge in [0.1, 0.15) is 0 Å². The highest BCUT2D eigenvalue weighted by molar-refractivity contribution is 5.68. The van der Waals surface area contributed by atoms with E-state index in [1.54, 1.807) is 0 Å². The normalized spacial score (nSPS) is 13.8. The van der Waals surface area contributed by atoms with Crippen LogP contribution in [0.3, 0.4) is 0 Å². The van der Waals surface area contributed by atoms with Gasteiger partial charge in [-0.1, -0.05) is 91.4 Å². The maximum Gasteiger partial charge on any atom is 0.305 e. The van der Waals surface area contributed by atoms with E-state index in [-0.39, 0.29) is 5.97 Å². The molecular weight excluding hydrogens is 272 g/mol. The van der Waals surface area contributed by atoms with Gasteiger partial charge in [0.25, 0.3) is 0 Å². The van der Waals surface area contributed by atoms with E-state index in [0.717, 1.165) is 18.3 Å². The molecule has 0 rings (SSSR count). The molecule has 0 aromatic rings. The van der Waals surface area contributed by atoms with Gasteiger partial charge in [-0.15, -0.1) is 0 Å². The first kappa shape index (κ1) is 21.5. The van der Waals surface area contributed by atoms with E-state index in [1.165, 1.54) is 77.7 Å². The van der Waals surface area contributed by atoms with Crippen LogP contribution < -0.4 is 0 Å². The van der Waals surface area contributed by atoms with E-state index in [2.05, 4.69) is 25.5 Å². The van der Waals surface area contributed by atoms with E-state index in [4.69, 9.17) is 0 Å². The lowest BCUT2D eigenvalue weighted by Crippen LogP contribution is -1.99. The predicted molar refractivity (Wildman–Crippen MR) is 96.0 cm³/mol. The molecule has 0 aromatic carbocycles. The smallest absolute Gasteiger partial charge is 0.305 e. The first-order valence-electron chi connectivity index (χ1n) is 9.66. The molecule has 0 fully saturated rings. The van der Waals surface area contributed by atoms with Gasteiger partial charge in [0.05, 0.1) is 7.11 Å². The van der Waals surface area contributed by atoms with Gasteiger partial charge in [-0.25, -0.2) is 0 Å². The summed E-state index contributed by atoms with van der Waals surface area (Å²) in [5, 5.41) is 0. The minimum Gasteiger partial charge on any atom is -0.469 e. The molecule has 132 valence electrons. The summed E-state index contributed by atoms with van der Waals surface area (Å²) in [6.07, 6.45) is 16.4. The van der Waals surface area contributed by atoms with Crippen molar-refractivity contribution in [3.05, 3.63) is 0 Å². The topological polar surface area (TPSA) is 26.3 Å². The summed E-state index contributed by atoms with van der Waals surface area (Å²) in [6.45, 7) is 7.08. The third-order valence-corrected chi connectivity index (χ3v) is 4.90. The van der Waals surface area contributed by atoms with Crippen LogP contribution in [0, 0.1) is 11.8 Å². The van der Waals surface area contributed by atoms with Crippen molar-refractivity contribution in [2.45, 2.75) is 104 Å². The molecule has 22 heavy (non-hydrogen) atoms. The highest BCUT2D eigenvalue weighted by atomic mass is 16.5. The number of ether oxygens (including phenoxy) is 1. The van der Waals surface area contributed by atoms with E-state index >= 15 is 0 Å². The highest BCUT2D eigenvalue weighted by Crippen LogP contribution is 2.19. The Bertz CT molecular complexity index is 250. The fourth-order valence-electron chi connectivity index (χ4n) is 2.91. The number of hydrogen-bond donors (Lipinski definition) is 0. The summed E-state index contributed by atoms with van der Waals surface area (Å²) < 4.78 is 4.64. The summed E-state index contributed by atoms with van der Waals surface area (Å²) in [5.74, 6) is 1.74. The molecule has 0 saturated carbocycles. The quantitative estimate of drug-likeness (QED) is 0.254. The van der Waals surface area contributed by atoms with E-state index < -0.39 is 0 Å². The summed E-state index contributed by atoms with van der Waals surface area (Å²) >= 11 is 0. The first-order valence-corrected chi connectivity index (χ1v) is 9.66. The van der Waals surface area contributed by atoms with E-state index in [0.29, 0.717) is 6.42 Å². The van der Waals surface area contributed by atoms with Crippen LogP contribution in [0.25, 0.3) is 0 Å². The Morgan fingerprint density at radius 1 is 0.773 bits per heavy atom. The number of esters is 1. The van der Waals surface area contributed by atoms with Crippen molar-refractivity contribution in [3.8, 4) is 0 Å². The molecule has 0 aliphatic rings. The fourth-order valence-corrected chi connectivity index (χ4v) is 2.91. The lowest BCUT2D eigenvalue weighted by Gasteiger charge is -2.12. The number of carbonyl (C=O) groups is 1. The fraction of sp³-hybridized carbons (Fsp3) is 0.950. The zero-order valence-electron chi connectivity index (χ0n) is 15.7. The van der Waals surface area contributed by atoms with Gasteiger partial charge in [0, 0.05) is 6.42 Å². The van der Waals surface area contributed by atoms with Crippen LogP contribution >= 0.6 is 0 Å². The number of methoxy groups -OCH3 is 1.